The molecule has 1 aromatic heterocycles. The van der Waals surface area contributed by atoms with Crippen molar-refractivity contribution < 1.29 is 9.90 Å². The summed E-state index contributed by atoms with van der Waals surface area (Å²) in [5, 5.41) is 11.9. The van der Waals surface area contributed by atoms with Gasteiger partial charge in [0.25, 0.3) is 0 Å². The second-order valence-electron chi connectivity index (χ2n) is 3.52. The number of aromatic nitrogens is 1. The van der Waals surface area contributed by atoms with Gasteiger partial charge in [-0.05, 0) is 24.1 Å². The molecule has 0 radical (unpaired) electrons. The highest BCUT2D eigenvalue weighted by Gasteiger charge is 2.42. The summed E-state index contributed by atoms with van der Waals surface area (Å²) < 4.78 is 0. The van der Waals surface area contributed by atoms with Crippen LogP contribution in [0.5, 0.6) is 0 Å². The fraction of sp³-hybridized carbons (Fsp3) is 0.400. The van der Waals surface area contributed by atoms with Crippen LogP contribution in [0.3, 0.4) is 0 Å². The average Bonchev–Trinajstić information content (AvgIpc) is 2.96. The maximum atomic E-state index is 10.5. The van der Waals surface area contributed by atoms with Crippen molar-refractivity contribution in [2.75, 3.05) is 0 Å². The fourth-order valence-corrected chi connectivity index (χ4v) is 1.44. The van der Waals surface area contributed by atoms with Crippen LogP contribution in [-0.4, -0.2) is 22.1 Å². The number of rotatable bonds is 4. The first-order chi connectivity index (χ1) is 6.77. The summed E-state index contributed by atoms with van der Waals surface area (Å²) in [6.45, 7) is 0.719. The van der Waals surface area contributed by atoms with Crippen molar-refractivity contribution in [1.82, 2.24) is 10.3 Å². The number of carboxylic acid groups (broad SMARTS) is 1. The highest BCUT2D eigenvalue weighted by atomic mass is 16.4. The Balaban J connectivity index is 1.77. The number of nitrogens with one attached hydrogen (secondary N) is 1. The zero-order valence-corrected chi connectivity index (χ0v) is 7.68. The van der Waals surface area contributed by atoms with Gasteiger partial charge in [0.05, 0.1) is 5.92 Å². The molecule has 1 aliphatic carbocycles. The summed E-state index contributed by atoms with van der Waals surface area (Å²) in [4.78, 5) is 14.4. The minimum Gasteiger partial charge on any atom is -0.481 e. The van der Waals surface area contributed by atoms with Crippen molar-refractivity contribution in [3.8, 4) is 0 Å². The molecule has 2 atom stereocenters. The van der Waals surface area contributed by atoms with Crippen LogP contribution in [0.4, 0.5) is 0 Å². The normalized spacial score (nSPS) is 24.6. The Kier molecular flexibility index (Phi) is 2.45. The van der Waals surface area contributed by atoms with Crippen LogP contribution in [-0.2, 0) is 11.3 Å². The maximum Gasteiger partial charge on any atom is 0.308 e. The molecule has 2 N–H and O–H groups in total. The minimum atomic E-state index is -0.697. The lowest BCUT2D eigenvalue weighted by molar-refractivity contribution is -0.138. The maximum absolute atomic E-state index is 10.5. The van der Waals surface area contributed by atoms with Crippen LogP contribution >= 0.6 is 0 Å². The van der Waals surface area contributed by atoms with Gasteiger partial charge in [0, 0.05) is 25.0 Å². The number of hydrogen-bond acceptors (Lipinski definition) is 3. The van der Waals surface area contributed by atoms with Crippen LogP contribution in [0.25, 0.3) is 0 Å². The third-order valence-corrected chi connectivity index (χ3v) is 2.43. The van der Waals surface area contributed by atoms with Crippen molar-refractivity contribution >= 4 is 5.97 Å². The Morgan fingerprint density at radius 3 is 2.86 bits per heavy atom. The summed E-state index contributed by atoms with van der Waals surface area (Å²) >= 11 is 0. The van der Waals surface area contributed by atoms with E-state index in [1.807, 2.05) is 12.1 Å². The molecule has 0 bridgehead atoms. The molecular formula is C10H12N2O2. The first-order valence-corrected chi connectivity index (χ1v) is 4.62. The molecule has 0 spiro atoms. The molecule has 0 aromatic carbocycles. The second-order valence-corrected chi connectivity index (χ2v) is 3.52. The third-order valence-electron chi connectivity index (χ3n) is 2.43. The number of nitrogens with zero attached hydrogens (tertiary/aromatic N) is 1. The molecule has 0 saturated heterocycles. The van der Waals surface area contributed by atoms with E-state index in [-0.39, 0.29) is 12.0 Å². The van der Waals surface area contributed by atoms with E-state index in [2.05, 4.69) is 10.3 Å². The molecule has 2 unspecified atom stereocenters. The molecule has 1 heterocycles. The highest BCUT2D eigenvalue weighted by molar-refractivity contribution is 5.74. The summed E-state index contributed by atoms with van der Waals surface area (Å²) in [6.07, 6.45) is 4.22. The Hall–Kier alpha value is -1.42. The Morgan fingerprint density at radius 2 is 2.29 bits per heavy atom. The smallest absolute Gasteiger partial charge is 0.308 e. The zero-order valence-electron chi connectivity index (χ0n) is 7.68. The molecule has 0 amide bonds. The summed E-state index contributed by atoms with van der Waals surface area (Å²) in [6, 6.07) is 4.00. The van der Waals surface area contributed by atoms with Crippen LogP contribution in [0.1, 0.15) is 12.0 Å². The van der Waals surface area contributed by atoms with Gasteiger partial charge in [-0.1, -0.05) is 0 Å². The Labute approximate surface area is 82.0 Å². The minimum absolute atomic E-state index is 0.153. The van der Waals surface area contributed by atoms with E-state index in [4.69, 9.17) is 5.11 Å². The predicted octanol–water partition coefficient (Wildman–Crippen LogP) is 0.644. The van der Waals surface area contributed by atoms with Crippen molar-refractivity contribution in [3.63, 3.8) is 0 Å². The van der Waals surface area contributed by atoms with Gasteiger partial charge < -0.3 is 10.4 Å². The lowest BCUT2D eigenvalue weighted by atomic mass is 10.2. The lowest BCUT2D eigenvalue weighted by Crippen LogP contribution is -2.19. The predicted molar refractivity (Wildman–Crippen MR) is 50.6 cm³/mol. The molecule has 2 rings (SSSR count). The van der Waals surface area contributed by atoms with Crippen molar-refractivity contribution in [3.05, 3.63) is 30.1 Å². The van der Waals surface area contributed by atoms with Gasteiger partial charge in [-0.2, -0.15) is 0 Å². The van der Waals surface area contributed by atoms with Crippen LogP contribution in [0.15, 0.2) is 24.5 Å². The van der Waals surface area contributed by atoms with E-state index in [1.165, 1.54) is 0 Å². The van der Waals surface area contributed by atoms with E-state index in [1.54, 1.807) is 12.4 Å². The van der Waals surface area contributed by atoms with Gasteiger partial charge in [-0.25, -0.2) is 0 Å². The molecule has 1 saturated carbocycles. The van der Waals surface area contributed by atoms with Gasteiger partial charge in [-0.3, -0.25) is 9.78 Å². The molecule has 74 valence electrons. The molecular weight excluding hydrogens is 180 g/mol. The van der Waals surface area contributed by atoms with Crippen molar-refractivity contribution in [2.45, 2.75) is 19.0 Å². The Morgan fingerprint density at radius 1 is 1.57 bits per heavy atom. The molecule has 14 heavy (non-hydrogen) atoms. The third kappa shape index (κ3) is 2.09. The van der Waals surface area contributed by atoms with E-state index >= 15 is 0 Å². The number of aliphatic carboxylic acids is 1. The molecule has 4 heteroatoms. The largest absolute Gasteiger partial charge is 0.481 e. The van der Waals surface area contributed by atoms with Crippen LogP contribution < -0.4 is 5.32 Å². The van der Waals surface area contributed by atoms with Gasteiger partial charge in [-0.15, -0.1) is 0 Å². The first-order valence-electron chi connectivity index (χ1n) is 4.62. The quantitative estimate of drug-likeness (QED) is 0.735. The summed E-state index contributed by atoms with van der Waals surface area (Å²) in [5.74, 6) is -0.880. The number of pyridine rings is 1. The van der Waals surface area contributed by atoms with Crippen LogP contribution in [0.2, 0.25) is 0 Å². The summed E-state index contributed by atoms with van der Waals surface area (Å²) in [7, 11) is 0. The van der Waals surface area contributed by atoms with Gasteiger partial charge in [0.1, 0.15) is 0 Å². The number of carboxylic acids is 1. The fourth-order valence-electron chi connectivity index (χ4n) is 1.44. The SMILES string of the molecule is O=C(O)C1CC1NCc1ccncc1. The molecule has 4 nitrogen and oxygen atoms in total. The van der Waals surface area contributed by atoms with Gasteiger partial charge in [0.2, 0.25) is 0 Å². The van der Waals surface area contributed by atoms with E-state index in [0.29, 0.717) is 0 Å². The topological polar surface area (TPSA) is 62.2 Å². The zero-order chi connectivity index (χ0) is 9.97. The van der Waals surface area contributed by atoms with Gasteiger partial charge in [0.15, 0.2) is 0 Å². The highest BCUT2D eigenvalue weighted by Crippen LogP contribution is 2.30. The number of carbonyl (C=O) groups is 1. The van der Waals surface area contributed by atoms with E-state index in [9.17, 15) is 4.79 Å². The van der Waals surface area contributed by atoms with Crippen molar-refractivity contribution in [1.29, 1.82) is 0 Å². The second kappa shape index (κ2) is 3.75. The molecule has 1 aliphatic rings. The average molecular weight is 192 g/mol. The molecule has 1 fully saturated rings. The van der Waals surface area contributed by atoms with E-state index < -0.39 is 5.97 Å². The van der Waals surface area contributed by atoms with E-state index in [0.717, 1.165) is 18.5 Å². The standard InChI is InChI=1S/C10H12N2O2/c13-10(14)8-5-9(8)12-6-7-1-3-11-4-2-7/h1-4,8-9,12H,5-6H2,(H,13,14). The molecule has 0 aliphatic heterocycles. The Bertz CT molecular complexity index is 326. The lowest BCUT2D eigenvalue weighted by Gasteiger charge is -2.02. The van der Waals surface area contributed by atoms with Crippen LogP contribution in [0, 0.1) is 5.92 Å². The number of hydrogen-bond donors (Lipinski definition) is 2. The van der Waals surface area contributed by atoms with Gasteiger partial charge >= 0.3 is 5.97 Å². The molecule has 1 aromatic rings. The summed E-state index contributed by atoms with van der Waals surface area (Å²) in [5.41, 5.74) is 1.14. The van der Waals surface area contributed by atoms with Crippen molar-refractivity contribution in [2.24, 2.45) is 5.92 Å². The first kappa shape index (κ1) is 9.15. The monoisotopic (exact) mass is 192 g/mol.